The Balaban J connectivity index is 4.10. The number of alkyl halides is 3. The number of rotatable bonds is 2. The number of halogens is 3. The van der Waals surface area contributed by atoms with Gasteiger partial charge in [0.1, 0.15) is 0 Å². The zero-order valence-corrected chi connectivity index (χ0v) is 6.64. The molecule has 0 bridgehead atoms. The van der Waals surface area contributed by atoms with Gasteiger partial charge in [-0.15, -0.1) is 11.8 Å². The maximum atomic E-state index is 11.8. The van der Waals surface area contributed by atoms with E-state index in [1.807, 2.05) is 0 Å². The lowest BCUT2D eigenvalue weighted by Crippen LogP contribution is -2.08. The van der Waals surface area contributed by atoms with Crippen molar-refractivity contribution in [2.45, 2.75) is 20.0 Å². The lowest BCUT2D eigenvalue weighted by atomic mass is 10.5. The molecule has 0 fully saturated rings. The van der Waals surface area contributed by atoms with Gasteiger partial charge in [0.2, 0.25) is 0 Å². The highest BCUT2D eigenvalue weighted by Gasteiger charge is 2.32. The van der Waals surface area contributed by atoms with Crippen LogP contribution in [0.25, 0.3) is 0 Å². The lowest BCUT2D eigenvalue weighted by molar-refractivity contribution is -0.0837. The van der Waals surface area contributed by atoms with Crippen LogP contribution >= 0.6 is 11.8 Å². The normalized spacial score (nSPS) is 13.9. The van der Waals surface area contributed by atoms with Crippen LogP contribution in [-0.4, -0.2) is 11.9 Å². The SMILES string of the molecule is C/C=C(\SCC)C(F)(F)F. The van der Waals surface area contributed by atoms with Gasteiger partial charge in [-0.05, 0) is 12.7 Å². The third-order valence-corrected chi connectivity index (χ3v) is 1.91. The van der Waals surface area contributed by atoms with E-state index in [4.69, 9.17) is 0 Å². The van der Waals surface area contributed by atoms with Crippen molar-refractivity contribution in [3.8, 4) is 0 Å². The average Bonchev–Trinajstić information content (AvgIpc) is 1.80. The first-order valence-electron chi connectivity index (χ1n) is 2.88. The summed E-state index contributed by atoms with van der Waals surface area (Å²) in [6.07, 6.45) is -3.07. The summed E-state index contributed by atoms with van der Waals surface area (Å²) in [5.41, 5.74) is 0. The first-order valence-corrected chi connectivity index (χ1v) is 3.87. The lowest BCUT2D eigenvalue weighted by Gasteiger charge is -2.08. The van der Waals surface area contributed by atoms with E-state index in [-0.39, 0.29) is 0 Å². The number of hydrogen-bond donors (Lipinski definition) is 0. The van der Waals surface area contributed by atoms with Crippen molar-refractivity contribution in [1.82, 2.24) is 0 Å². The van der Waals surface area contributed by atoms with Crippen LogP contribution in [0, 0.1) is 0 Å². The molecule has 0 rings (SSSR count). The standard InChI is InChI=1S/C6H9F3S/c1-3-5(10-4-2)6(7,8)9/h3H,4H2,1-2H3/b5-3-. The summed E-state index contributed by atoms with van der Waals surface area (Å²) in [7, 11) is 0. The van der Waals surface area contributed by atoms with Crippen molar-refractivity contribution in [1.29, 1.82) is 0 Å². The van der Waals surface area contributed by atoms with Crippen LogP contribution in [0.4, 0.5) is 13.2 Å². The number of thioether (sulfide) groups is 1. The topological polar surface area (TPSA) is 0 Å². The third kappa shape index (κ3) is 3.15. The largest absolute Gasteiger partial charge is 0.421 e. The van der Waals surface area contributed by atoms with E-state index >= 15 is 0 Å². The molecule has 0 aromatic heterocycles. The van der Waals surface area contributed by atoms with E-state index in [0.29, 0.717) is 5.75 Å². The predicted octanol–water partition coefficient (Wildman–Crippen LogP) is 3.21. The molecule has 0 spiro atoms. The van der Waals surface area contributed by atoms with Gasteiger partial charge in [-0.3, -0.25) is 0 Å². The van der Waals surface area contributed by atoms with E-state index in [1.165, 1.54) is 6.92 Å². The summed E-state index contributed by atoms with van der Waals surface area (Å²) in [6.45, 7) is 3.09. The highest BCUT2D eigenvalue weighted by atomic mass is 32.2. The molecule has 4 heteroatoms. The van der Waals surface area contributed by atoms with E-state index in [0.717, 1.165) is 17.8 Å². The predicted molar refractivity (Wildman–Crippen MR) is 37.9 cm³/mol. The summed E-state index contributed by atoms with van der Waals surface area (Å²) < 4.78 is 35.5. The monoisotopic (exact) mass is 170 g/mol. The molecule has 0 radical (unpaired) electrons. The molecule has 0 nitrogen and oxygen atoms in total. The molecule has 0 saturated heterocycles. The van der Waals surface area contributed by atoms with E-state index in [9.17, 15) is 13.2 Å². The van der Waals surface area contributed by atoms with E-state index < -0.39 is 11.1 Å². The molecule has 0 N–H and O–H groups in total. The van der Waals surface area contributed by atoms with Crippen LogP contribution < -0.4 is 0 Å². The number of hydrogen-bond acceptors (Lipinski definition) is 1. The van der Waals surface area contributed by atoms with Gasteiger partial charge in [0, 0.05) is 0 Å². The molecule has 0 aliphatic heterocycles. The molecule has 0 aromatic carbocycles. The van der Waals surface area contributed by atoms with Gasteiger partial charge in [-0.1, -0.05) is 13.0 Å². The van der Waals surface area contributed by atoms with Crippen molar-refractivity contribution >= 4 is 11.8 Å². The van der Waals surface area contributed by atoms with Gasteiger partial charge in [0.15, 0.2) is 0 Å². The Hall–Kier alpha value is -0.120. The van der Waals surface area contributed by atoms with Crippen LogP contribution in [0.5, 0.6) is 0 Å². The minimum Gasteiger partial charge on any atom is -0.166 e. The maximum Gasteiger partial charge on any atom is 0.421 e. The van der Waals surface area contributed by atoms with Gasteiger partial charge in [-0.25, -0.2) is 0 Å². The van der Waals surface area contributed by atoms with Crippen LogP contribution in [0.1, 0.15) is 13.8 Å². The summed E-state index contributed by atoms with van der Waals surface area (Å²) in [5.74, 6) is 0.458. The first kappa shape index (κ1) is 9.88. The Labute approximate surface area is 62.5 Å². The van der Waals surface area contributed by atoms with E-state index in [1.54, 1.807) is 6.92 Å². The fraction of sp³-hybridized carbons (Fsp3) is 0.667. The molecule has 60 valence electrons. The highest BCUT2D eigenvalue weighted by Crippen LogP contribution is 2.33. The Kier molecular flexibility index (Phi) is 3.86. The Bertz CT molecular complexity index is 125. The molecule has 0 unspecified atom stereocenters. The maximum absolute atomic E-state index is 11.8. The molecule has 10 heavy (non-hydrogen) atoms. The Morgan fingerprint density at radius 1 is 1.50 bits per heavy atom. The zero-order chi connectivity index (χ0) is 8.20. The average molecular weight is 170 g/mol. The Morgan fingerprint density at radius 3 is 2.10 bits per heavy atom. The molecule has 0 saturated carbocycles. The molecule has 0 heterocycles. The summed E-state index contributed by atoms with van der Waals surface area (Å²) in [4.78, 5) is -0.505. The van der Waals surface area contributed by atoms with Gasteiger partial charge >= 0.3 is 6.18 Å². The third-order valence-electron chi connectivity index (χ3n) is 0.841. The van der Waals surface area contributed by atoms with E-state index in [2.05, 4.69) is 0 Å². The fourth-order valence-electron chi connectivity index (χ4n) is 0.484. The van der Waals surface area contributed by atoms with Gasteiger partial charge in [-0.2, -0.15) is 13.2 Å². The smallest absolute Gasteiger partial charge is 0.166 e. The quantitative estimate of drug-likeness (QED) is 0.613. The van der Waals surface area contributed by atoms with Crippen molar-refractivity contribution in [2.75, 3.05) is 5.75 Å². The van der Waals surface area contributed by atoms with Crippen molar-refractivity contribution in [2.24, 2.45) is 0 Å². The van der Waals surface area contributed by atoms with Gasteiger partial charge in [0.25, 0.3) is 0 Å². The molecule has 0 atom stereocenters. The van der Waals surface area contributed by atoms with Crippen molar-refractivity contribution in [3.05, 3.63) is 11.0 Å². The Morgan fingerprint density at radius 2 is 2.00 bits per heavy atom. The summed E-state index contributed by atoms with van der Waals surface area (Å²) >= 11 is 0.819. The van der Waals surface area contributed by atoms with Crippen LogP contribution in [0.15, 0.2) is 11.0 Å². The highest BCUT2D eigenvalue weighted by molar-refractivity contribution is 8.03. The van der Waals surface area contributed by atoms with Crippen molar-refractivity contribution < 1.29 is 13.2 Å². The molecule has 0 aliphatic rings. The first-order chi connectivity index (χ1) is 4.52. The van der Waals surface area contributed by atoms with Crippen LogP contribution in [-0.2, 0) is 0 Å². The molecule has 0 aromatic rings. The van der Waals surface area contributed by atoms with Gasteiger partial charge in [0.05, 0.1) is 4.91 Å². The summed E-state index contributed by atoms with van der Waals surface area (Å²) in [6, 6.07) is 0. The molecule has 0 aliphatic carbocycles. The molecule has 0 amide bonds. The summed E-state index contributed by atoms with van der Waals surface area (Å²) in [5, 5.41) is 0. The minimum atomic E-state index is -4.16. The number of allylic oxidation sites excluding steroid dienone is 2. The molecular weight excluding hydrogens is 161 g/mol. The van der Waals surface area contributed by atoms with Crippen molar-refractivity contribution in [3.63, 3.8) is 0 Å². The van der Waals surface area contributed by atoms with Crippen LogP contribution in [0.2, 0.25) is 0 Å². The second-order valence-corrected chi connectivity index (χ2v) is 2.89. The van der Waals surface area contributed by atoms with Gasteiger partial charge < -0.3 is 0 Å². The molecular formula is C6H9F3S. The zero-order valence-electron chi connectivity index (χ0n) is 5.83. The second kappa shape index (κ2) is 3.91. The second-order valence-electron chi connectivity index (χ2n) is 1.58. The van der Waals surface area contributed by atoms with Crippen LogP contribution in [0.3, 0.4) is 0 Å². The minimum absolute atomic E-state index is 0.458. The fourth-order valence-corrected chi connectivity index (χ4v) is 1.13.